The highest BCUT2D eigenvalue weighted by Crippen LogP contribution is 2.14. The van der Waals surface area contributed by atoms with Gasteiger partial charge in [0.2, 0.25) is 11.8 Å². The van der Waals surface area contributed by atoms with Crippen LogP contribution in [0.5, 0.6) is 0 Å². The number of amides is 2. The average Bonchev–Trinajstić information content (AvgIpc) is 2.83. The predicted molar refractivity (Wildman–Crippen MR) is 69.8 cm³/mol. The predicted octanol–water partition coefficient (Wildman–Crippen LogP) is -1.55. The van der Waals surface area contributed by atoms with Gasteiger partial charge in [0, 0.05) is 6.04 Å². The Hall–Kier alpha value is -1.67. The van der Waals surface area contributed by atoms with Crippen LogP contribution >= 0.6 is 0 Å². The smallest absolute Gasteiger partial charge is 0.326 e. The van der Waals surface area contributed by atoms with Crippen molar-refractivity contribution in [3.05, 3.63) is 0 Å². The molecule has 0 saturated carbocycles. The minimum atomic E-state index is -1.30. The van der Waals surface area contributed by atoms with Crippen LogP contribution in [0.4, 0.5) is 0 Å². The second-order valence-corrected chi connectivity index (χ2v) is 4.77. The van der Waals surface area contributed by atoms with Gasteiger partial charge in [-0.15, -0.1) is 0 Å². The van der Waals surface area contributed by atoms with Crippen molar-refractivity contribution in [1.29, 1.82) is 0 Å². The molecule has 0 bridgehead atoms. The Labute approximate surface area is 117 Å². The highest BCUT2D eigenvalue weighted by Gasteiger charge is 2.35. The molecule has 0 aromatic heterocycles. The largest absolute Gasteiger partial charge is 0.480 e. The van der Waals surface area contributed by atoms with Gasteiger partial charge in [-0.05, 0) is 13.0 Å². The number of nitrogens with one attached hydrogen (secondary N) is 2. The number of carboxylic acid groups (broad SMARTS) is 1. The molecule has 1 fully saturated rings. The van der Waals surface area contributed by atoms with Crippen LogP contribution in [0.15, 0.2) is 0 Å². The molecule has 3 unspecified atom stereocenters. The number of hydrogen-bond acceptors (Lipinski definition) is 5. The Kier molecular flexibility index (Phi) is 6.40. The zero-order valence-corrected chi connectivity index (χ0v) is 11.4. The van der Waals surface area contributed by atoms with E-state index in [4.69, 9.17) is 15.6 Å². The van der Waals surface area contributed by atoms with Crippen molar-refractivity contribution >= 4 is 17.8 Å². The molecular weight excluding hydrogens is 266 g/mol. The average molecular weight is 287 g/mol. The summed E-state index contributed by atoms with van der Waals surface area (Å²) < 4.78 is 5.25. The number of nitrogens with two attached hydrogens (primary N) is 1. The number of primary amides is 1. The summed E-state index contributed by atoms with van der Waals surface area (Å²) in [4.78, 5) is 33.8. The molecule has 1 rings (SSSR count). The highest BCUT2D eigenvalue weighted by molar-refractivity contribution is 5.89. The maximum Gasteiger partial charge on any atom is 0.326 e. The van der Waals surface area contributed by atoms with E-state index in [-0.39, 0.29) is 12.6 Å². The first-order chi connectivity index (χ1) is 9.45. The number of hydrogen-bond donors (Lipinski definition) is 4. The molecule has 1 saturated heterocycles. The first kappa shape index (κ1) is 16.4. The van der Waals surface area contributed by atoms with Crippen molar-refractivity contribution in [2.45, 2.75) is 31.8 Å². The lowest BCUT2D eigenvalue weighted by molar-refractivity contribution is -0.144. The van der Waals surface area contributed by atoms with Gasteiger partial charge in [-0.1, -0.05) is 6.92 Å². The van der Waals surface area contributed by atoms with Gasteiger partial charge in [0.15, 0.2) is 0 Å². The first-order valence-electron chi connectivity index (χ1n) is 6.58. The van der Waals surface area contributed by atoms with E-state index in [1.165, 1.54) is 0 Å². The number of carboxylic acids is 1. The Morgan fingerprint density at radius 3 is 2.65 bits per heavy atom. The summed E-state index contributed by atoms with van der Waals surface area (Å²) in [5, 5.41) is 14.5. The van der Waals surface area contributed by atoms with Gasteiger partial charge in [0.25, 0.3) is 0 Å². The molecule has 114 valence electrons. The zero-order valence-electron chi connectivity index (χ0n) is 11.4. The molecule has 0 radical (unpaired) electrons. The summed E-state index contributed by atoms with van der Waals surface area (Å²) in [6.07, 6.45) is 0.492. The van der Waals surface area contributed by atoms with Gasteiger partial charge in [-0.3, -0.25) is 9.59 Å². The summed E-state index contributed by atoms with van der Waals surface area (Å²) in [5.41, 5.74) is 4.96. The molecule has 1 aliphatic heterocycles. The van der Waals surface area contributed by atoms with Gasteiger partial charge in [-0.2, -0.15) is 0 Å². The molecule has 3 atom stereocenters. The SMILES string of the molecule is CCCNC1COCC1C(=O)NC(CC(N)=O)C(=O)O. The topological polar surface area (TPSA) is 131 Å². The molecular formula is C12H21N3O5. The van der Waals surface area contributed by atoms with Crippen molar-refractivity contribution in [1.82, 2.24) is 10.6 Å². The van der Waals surface area contributed by atoms with E-state index < -0.39 is 36.2 Å². The fraction of sp³-hybridized carbons (Fsp3) is 0.750. The van der Waals surface area contributed by atoms with Crippen LogP contribution in [0.1, 0.15) is 19.8 Å². The number of carbonyl (C=O) groups is 3. The number of rotatable bonds is 8. The highest BCUT2D eigenvalue weighted by atomic mass is 16.5. The van der Waals surface area contributed by atoms with Crippen LogP contribution in [0.2, 0.25) is 0 Å². The third-order valence-electron chi connectivity index (χ3n) is 3.09. The van der Waals surface area contributed by atoms with Crippen LogP contribution in [0.3, 0.4) is 0 Å². The summed E-state index contributed by atoms with van der Waals surface area (Å²) in [5.74, 6) is -2.96. The Bertz CT molecular complexity index is 374. The number of aliphatic carboxylic acids is 1. The van der Waals surface area contributed by atoms with Crippen molar-refractivity contribution in [2.75, 3.05) is 19.8 Å². The van der Waals surface area contributed by atoms with Gasteiger partial charge in [0.1, 0.15) is 6.04 Å². The van der Waals surface area contributed by atoms with Crippen LogP contribution in [0.25, 0.3) is 0 Å². The standard InChI is InChI=1S/C12H21N3O5/c1-2-3-14-9-6-20-5-7(9)11(17)15-8(12(18)19)4-10(13)16/h7-9,14H,2-6H2,1H3,(H2,13,16)(H,15,17)(H,18,19). The Balaban J connectivity index is 2.58. The monoisotopic (exact) mass is 287 g/mol. The van der Waals surface area contributed by atoms with Crippen LogP contribution in [-0.4, -0.2) is 54.7 Å². The lowest BCUT2D eigenvalue weighted by Crippen LogP contribution is -2.50. The lowest BCUT2D eigenvalue weighted by atomic mass is 10.0. The van der Waals surface area contributed by atoms with Gasteiger partial charge >= 0.3 is 5.97 Å². The Morgan fingerprint density at radius 1 is 1.40 bits per heavy atom. The summed E-state index contributed by atoms with van der Waals surface area (Å²) >= 11 is 0. The molecule has 8 heteroatoms. The van der Waals surface area contributed by atoms with Gasteiger partial charge < -0.3 is 26.2 Å². The molecule has 0 spiro atoms. The maximum atomic E-state index is 12.1. The fourth-order valence-electron chi connectivity index (χ4n) is 2.02. The van der Waals surface area contributed by atoms with E-state index in [0.717, 1.165) is 13.0 Å². The third-order valence-corrected chi connectivity index (χ3v) is 3.09. The van der Waals surface area contributed by atoms with Crippen molar-refractivity contribution in [3.8, 4) is 0 Å². The molecule has 0 aliphatic carbocycles. The molecule has 1 aliphatic rings. The van der Waals surface area contributed by atoms with Crippen LogP contribution in [-0.2, 0) is 19.1 Å². The van der Waals surface area contributed by atoms with Crippen molar-refractivity contribution in [2.24, 2.45) is 11.7 Å². The van der Waals surface area contributed by atoms with Crippen LogP contribution < -0.4 is 16.4 Å². The van der Waals surface area contributed by atoms with Crippen molar-refractivity contribution in [3.63, 3.8) is 0 Å². The van der Waals surface area contributed by atoms with E-state index >= 15 is 0 Å². The minimum Gasteiger partial charge on any atom is -0.480 e. The lowest BCUT2D eigenvalue weighted by Gasteiger charge is -2.20. The molecule has 0 aromatic carbocycles. The molecule has 2 amide bonds. The fourth-order valence-corrected chi connectivity index (χ4v) is 2.02. The van der Waals surface area contributed by atoms with E-state index in [9.17, 15) is 14.4 Å². The first-order valence-corrected chi connectivity index (χ1v) is 6.58. The van der Waals surface area contributed by atoms with E-state index in [0.29, 0.717) is 6.61 Å². The number of ether oxygens (including phenoxy) is 1. The zero-order chi connectivity index (χ0) is 15.1. The Morgan fingerprint density at radius 2 is 2.10 bits per heavy atom. The maximum absolute atomic E-state index is 12.1. The molecule has 0 aromatic rings. The summed E-state index contributed by atoms with van der Waals surface area (Å²) in [6.45, 7) is 3.40. The second-order valence-electron chi connectivity index (χ2n) is 4.77. The van der Waals surface area contributed by atoms with Gasteiger partial charge in [0.05, 0.1) is 25.6 Å². The quantitative estimate of drug-likeness (QED) is 0.427. The van der Waals surface area contributed by atoms with Crippen LogP contribution in [0, 0.1) is 5.92 Å². The molecule has 8 nitrogen and oxygen atoms in total. The second kappa shape index (κ2) is 7.81. The summed E-state index contributed by atoms with van der Waals surface area (Å²) in [6, 6.07) is -1.44. The number of carbonyl (C=O) groups excluding carboxylic acids is 2. The molecule has 1 heterocycles. The normalized spacial score (nSPS) is 23.2. The van der Waals surface area contributed by atoms with Crippen molar-refractivity contribution < 1.29 is 24.2 Å². The molecule has 20 heavy (non-hydrogen) atoms. The third kappa shape index (κ3) is 4.78. The summed E-state index contributed by atoms with van der Waals surface area (Å²) in [7, 11) is 0. The van der Waals surface area contributed by atoms with E-state index in [1.807, 2.05) is 6.92 Å². The van der Waals surface area contributed by atoms with E-state index in [2.05, 4.69) is 10.6 Å². The van der Waals surface area contributed by atoms with E-state index in [1.54, 1.807) is 0 Å². The minimum absolute atomic E-state index is 0.141. The molecule has 5 N–H and O–H groups in total. The van der Waals surface area contributed by atoms with Gasteiger partial charge in [-0.25, -0.2) is 4.79 Å².